The monoisotopic (exact) mass is 620 g/mol. The lowest BCUT2D eigenvalue weighted by Gasteiger charge is -2.33. The molecule has 2 saturated heterocycles. The van der Waals surface area contributed by atoms with Crippen molar-refractivity contribution in [3.8, 4) is 11.3 Å². The van der Waals surface area contributed by atoms with Crippen molar-refractivity contribution in [2.75, 3.05) is 18.4 Å². The van der Waals surface area contributed by atoms with Gasteiger partial charge in [-0.05, 0) is 61.1 Å². The average Bonchev–Trinajstić information content (AvgIpc) is 3.66. The molecule has 4 aliphatic rings. The number of carbonyl (C=O) groups is 2. The molecule has 2 N–H and O–H groups in total. The topological polar surface area (TPSA) is 108 Å². The lowest BCUT2D eigenvalue weighted by molar-refractivity contribution is -0.137. The first-order valence-corrected chi connectivity index (χ1v) is 16.1. The molecule has 5 heterocycles. The van der Waals surface area contributed by atoms with E-state index in [2.05, 4.69) is 48.7 Å². The molecular formula is C31H37ClN8O2S. The number of imide groups is 1. The summed E-state index contributed by atoms with van der Waals surface area (Å²) in [6, 6.07) is 6.33. The molecule has 10 nitrogen and oxygen atoms in total. The largest absolute Gasteiger partial charge is 0.351 e. The number of hydrogen-bond acceptors (Lipinski definition) is 9. The van der Waals surface area contributed by atoms with Crippen molar-refractivity contribution in [2.45, 2.75) is 75.5 Å². The van der Waals surface area contributed by atoms with Crippen LogP contribution in [0, 0.1) is 5.92 Å². The van der Waals surface area contributed by atoms with E-state index >= 15 is 0 Å². The summed E-state index contributed by atoms with van der Waals surface area (Å²) in [4.78, 5) is 38.2. The van der Waals surface area contributed by atoms with Gasteiger partial charge < -0.3 is 5.32 Å². The Morgan fingerprint density at radius 2 is 1.93 bits per heavy atom. The molecule has 2 aromatic heterocycles. The standard InChI is InChI=1S/C31H37ClN8O2S/c1-38-26(13-18-5-6-18)22(14-34-38)28-24(32)15-33-31(37-28)35-20-9-11-39(12-10-20)16-19-3-2-4-21-23(19)17-40(30(21)43)25-7-8-27(41)36-29(25)42/h2-4,14-15,18,20,25,30,43H,5-13,16-17H2,1H3,(H,33,35,37)(H,36,41,42). The molecule has 12 heteroatoms. The molecule has 3 fully saturated rings. The number of nitrogens with one attached hydrogen (secondary N) is 2. The fourth-order valence-electron chi connectivity index (χ4n) is 6.75. The number of anilines is 1. The molecule has 0 bridgehead atoms. The highest BCUT2D eigenvalue weighted by atomic mass is 35.5. The number of fused-ring (bicyclic) bond motifs is 1. The van der Waals surface area contributed by atoms with Crippen LogP contribution in [0.1, 0.15) is 66.3 Å². The van der Waals surface area contributed by atoms with Crippen molar-refractivity contribution in [1.29, 1.82) is 0 Å². The number of thiol groups is 1. The van der Waals surface area contributed by atoms with Crippen LogP contribution < -0.4 is 10.6 Å². The summed E-state index contributed by atoms with van der Waals surface area (Å²) in [6.45, 7) is 3.43. The van der Waals surface area contributed by atoms with Gasteiger partial charge in [-0.15, -0.1) is 0 Å². The Kier molecular flexibility index (Phi) is 7.92. The Balaban J connectivity index is 0.981. The van der Waals surface area contributed by atoms with Gasteiger partial charge in [-0.25, -0.2) is 9.97 Å². The number of halogens is 1. The Morgan fingerprint density at radius 3 is 2.70 bits per heavy atom. The number of benzene rings is 1. The second-order valence-corrected chi connectivity index (χ2v) is 13.3. The molecule has 2 unspecified atom stereocenters. The fourth-order valence-corrected chi connectivity index (χ4v) is 7.42. The molecule has 1 aliphatic carbocycles. The lowest BCUT2D eigenvalue weighted by Crippen LogP contribution is -2.51. The second kappa shape index (κ2) is 11.8. The van der Waals surface area contributed by atoms with E-state index in [0.29, 0.717) is 30.4 Å². The number of rotatable bonds is 8. The molecule has 3 aliphatic heterocycles. The Morgan fingerprint density at radius 1 is 1.12 bits per heavy atom. The van der Waals surface area contributed by atoms with Gasteiger partial charge >= 0.3 is 0 Å². The molecule has 226 valence electrons. The molecule has 2 amide bonds. The highest BCUT2D eigenvalue weighted by molar-refractivity contribution is 7.80. The Hall–Kier alpha value is -2.99. The zero-order valence-corrected chi connectivity index (χ0v) is 25.9. The van der Waals surface area contributed by atoms with Crippen molar-refractivity contribution in [3.05, 3.63) is 58.0 Å². The maximum Gasteiger partial charge on any atom is 0.243 e. The zero-order valence-electron chi connectivity index (χ0n) is 24.3. The van der Waals surface area contributed by atoms with Crippen molar-refractivity contribution in [1.82, 2.24) is 34.9 Å². The van der Waals surface area contributed by atoms with Crippen LogP contribution in [0.5, 0.6) is 0 Å². The first kappa shape index (κ1) is 28.8. The van der Waals surface area contributed by atoms with Crippen molar-refractivity contribution in [3.63, 3.8) is 0 Å². The predicted octanol–water partition coefficient (Wildman–Crippen LogP) is 4.11. The zero-order chi connectivity index (χ0) is 29.7. The summed E-state index contributed by atoms with van der Waals surface area (Å²) in [5.74, 6) is 0.934. The van der Waals surface area contributed by atoms with Crippen molar-refractivity contribution < 1.29 is 9.59 Å². The van der Waals surface area contributed by atoms with Crippen LogP contribution in [0.3, 0.4) is 0 Å². The third-order valence-electron chi connectivity index (χ3n) is 9.41. The Bertz CT molecular complexity index is 1550. The molecule has 0 radical (unpaired) electrons. The number of carbonyl (C=O) groups excluding carboxylic acids is 2. The third-order valence-corrected chi connectivity index (χ3v) is 10.3. The van der Waals surface area contributed by atoms with Gasteiger partial charge in [0.15, 0.2) is 0 Å². The van der Waals surface area contributed by atoms with E-state index in [0.717, 1.165) is 61.6 Å². The molecule has 1 aromatic carbocycles. The fraction of sp³-hybridized carbons (Fsp3) is 0.516. The van der Waals surface area contributed by atoms with Gasteiger partial charge in [0, 0.05) is 56.9 Å². The summed E-state index contributed by atoms with van der Waals surface area (Å²) < 4.78 is 1.94. The summed E-state index contributed by atoms with van der Waals surface area (Å²) in [6.07, 6.45) is 9.98. The van der Waals surface area contributed by atoms with Crippen LogP contribution in [-0.2, 0) is 36.1 Å². The SMILES string of the molecule is Cn1ncc(-c2nc(NC3CCN(Cc4cccc5c4CN(C4CCC(=O)NC4=O)C5S)CC3)ncc2Cl)c1CC1CC1. The number of aryl methyl sites for hydroxylation is 1. The maximum atomic E-state index is 12.6. The molecule has 7 rings (SSSR count). The average molecular weight is 621 g/mol. The van der Waals surface area contributed by atoms with Crippen LogP contribution in [0.2, 0.25) is 5.02 Å². The number of nitrogens with zero attached hydrogens (tertiary/aromatic N) is 6. The third kappa shape index (κ3) is 5.92. The van der Waals surface area contributed by atoms with Gasteiger partial charge in [-0.3, -0.25) is 29.4 Å². The number of aromatic nitrogens is 4. The highest BCUT2D eigenvalue weighted by Gasteiger charge is 2.40. The smallest absolute Gasteiger partial charge is 0.243 e. The highest BCUT2D eigenvalue weighted by Crippen LogP contribution is 2.41. The van der Waals surface area contributed by atoms with Gasteiger partial charge in [-0.2, -0.15) is 17.7 Å². The second-order valence-electron chi connectivity index (χ2n) is 12.4. The first-order valence-electron chi connectivity index (χ1n) is 15.2. The van der Waals surface area contributed by atoms with E-state index in [1.165, 1.54) is 29.7 Å². The van der Waals surface area contributed by atoms with Crippen molar-refractivity contribution in [2.24, 2.45) is 13.0 Å². The number of hydrogen-bond donors (Lipinski definition) is 3. The summed E-state index contributed by atoms with van der Waals surface area (Å²) in [5, 5.41) is 10.9. The molecule has 43 heavy (non-hydrogen) atoms. The maximum absolute atomic E-state index is 12.6. The van der Waals surface area contributed by atoms with E-state index < -0.39 is 0 Å². The van der Waals surface area contributed by atoms with Crippen LogP contribution in [0.15, 0.2) is 30.6 Å². The number of likely N-dealkylation sites (tertiary alicyclic amines) is 1. The molecular weight excluding hydrogens is 584 g/mol. The summed E-state index contributed by atoms with van der Waals surface area (Å²) in [7, 11) is 1.98. The quantitative estimate of drug-likeness (QED) is 0.255. The van der Waals surface area contributed by atoms with E-state index in [1.807, 2.05) is 17.9 Å². The van der Waals surface area contributed by atoms with E-state index in [-0.39, 0.29) is 29.3 Å². The van der Waals surface area contributed by atoms with Gasteiger partial charge in [0.2, 0.25) is 17.8 Å². The minimum atomic E-state index is -0.333. The number of piperidine rings is 2. The first-order chi connectivity index (χ1) is 20.8. The van der Waals surface area contributed by atoms with E-state index in [9.17, 15) is 9.59 Å². The minimum absolute atomic E-state index is 0.158. The summed E-state index contributed by atoms with van der Waals surface area (Å²) in [5.41, 5.74) is 6.61. The van der Waals surface area contributed by atoms with Gasteiger partial charge in [-0.1, -0.05) is 29.8 Å². The van der Waals surface area contributed by atoms with Crippen LogP contribution in [-0.4, -0.2) is 66.5 Å². The van der Waals surface area contributed by atoms with E-state index in [4.69, 9.17) is 29.2 Å². The Labute approximate surface area is 262 Å². The number of amides is 2. The molecule has 0 spiro atoms. The molecule has 2 atom stereocenters. The normalized spacial score (nSPS) is 23.4. The molecule has 3 aromatic rings. The van der Waals surface area contributed by atoms with Crippen molar-refractivity contribution >= 4 is 42.0 Å². The van der Waals surface area contributed by atoms with Crippen LogP contribution in [0.4, 0.5) is 5.95 Å². The summed E-state index contributed by atoms with van der Waals surface area (Å²) >= 11 is 11.5. The van der Waals surface area contributed by atoms with E-state index in [1.54, 1.807) is 6.20 Å². The van der Waals surface area contributed by atoms with Crippen LogP contribution >= 0.6 is 24.2 Å². The van der Waals surface area contributed by atoms with Crippen LogP contribution in [0.25, 0.3) is 11.3 Å². The molecule has 1 saturated carbocycles. The van der Waals surface area contributed by atoms with Gasteiger partial charge in [0.25, 0.3) is 0 Å². The van der Waals surface area contributed by atoms with Gasteiger partial charge in [0.1, 0.15) is 0 Å². The van der Waals surface area contributed by atoms with Gasteiger partial charge in [0.05, 0.1) is 34.5 Å². The lowest BCUT2D eigenvalue weighted by atomic mass is 10.0. The minimum Gasteiger partial charge on any atom is -0.351 e. The predicted molar refractivity (Wildman–Crippen MR) is 167 cm³/mol.